The molecule has 2 rings (SSSR count). The van der Waals surface area contributed by atoms with Crippen LogP contribution in [-0.2, 0) is 24.2 Å². The molecule has 0 fully saturated rings. The molecule has 0 saturated heterocycles. The van der Waals surface area contributed by atoms with E-state index in [1.54, 1.807) is 24.2 Å². The normalized spacial score (nSPS) is 18.0. The van der Waals surface area contributed by atoms with Crippen LogP contribution >= 0.6 is 24.8 Å². The third-order valence-electron chi connectivity index (χ3n) is 2.45. The van der Waals surface area contributed by atoms with Crippen molar-refractivity contribution in [1.82, 2.24) is 0 Å². The Labute approximate surface area is 152 Å². The van der Waals surface area contributed by atoms with Crippen molar-refractivity contribution in [2.24, 2.45) is 5.92 Å². The zero-order valence-corrected chi connectivity index (χ0v) is 17.4. The topological polar surface area (TPSA) is 0 Å². The molecule has 0 aliphatic heterocycles. The average Bonchev–Trinajstić information content (AvgIpc) is 2.77. The van der Waals surface area contributed by atoms with Crippen molar-refractivity contribution >= 4 is 28.0 Å². The van der Waals surface area contributed by atoms with Crippen molar-refractivity contribution in [3.63, 3.8) is 0 Å². The number of allylic oxidation sites excluding steroid dienone is 8. The van der Waals surface area contributed by atoms with E-state index in [1.165, 1.54) is 19.9 Å². The molecule has 0 aromatic heterocycles. The molecule has 0 nitrogen and oxygen atoms in total. The maximum absolute atomic E-state index is 3.22. The fourth-order valence-electron chi connectivity index (χ4n) is 1.36. The molecule has 0 spiro atoms. The van der Waals surface area contributed by atoms with Gasteiger partial charge in [0.05, 0.1) is 0 Å². The van der Waals surface area contributed by atoms with Crippen LogP contribution in [0.3, 0.4) is 0 Å². The van der Waals surface area contributed by atoms with Gasteiger partial charge in [0.25, 0.3) is 0 Å². The molecule has 2 aliphatic rings. The van der Waals surface area contributed by atoms with Crippen molar-refractivity contribution in [3.8, 4) is 0 Å². The van der Waals surface area contributed by atoms with Crippen LogP contribution in [-0.4, -0.2) is 3.21 Å². The summed E-state index contributed by atoms with van der Waals surface area (Å²) >= 11 is 1.55. The quantitative estimate of drug-likeness (QED) is 0.470. The van der Waals surface area contributed by atoms with Crippen LogP contribution in [0, 0.1) is 18.1 Å². The van der Waals surface area contributed by atoms with Gasteiger partial charge in [-0.3, -0.25) is 12.2 Å². The number of hydrogen-bond acceptors (Lipinski definition) is 0. The first-order valence-electron chi connectivity index (χ1n) is 6.36. The summed E-state index contributed by atoms with van der Waals surface area (Å²) in [4.78, 5) is 0. The van der Waals surface area contributed by atoms with Crippen molar-refractivity contribution < 1.29 is 24.2 Å². The van der Waals surface area contributed by atoms with E-state index in [2.05, 4.69) is 71.9 Å². The minimum atomic E-state index is 0. The zero-order valence-electron chi connectivity index (χ0n) is 13.3. The van der Waals surface area contributed by atoms with Gasteiger partial charge < -0.3 is 0 Å². The fraction of sp³-hybridized carbons (Fsp3) is 0.471. The molecule has 112 valence electrons. The van der Waals surface area contributed by atoms with E-state index in [1.807, 2.05) is 0 Å². The van der Waals surface area contributed by atoms with E-state index in [-0.39, 0.29) is 24.8 Å². The second-order valence-electron chi connectivity index (χ2n) is 4.96. The van der Waals surface area contributed by atoms with Gasteiger partial charge in [0.2, 0.25) is 0 Å². The monoisotopic (exact) mass is 390 g/mol. The molecule has 0 aromatic rings. The van der Waals surface area contributed by atoms with Gasteiger partial charge in [-0.2, -0.15) is 11.6 Å². The number of rotatable bonds is 0. The first-order valence-corrected chi connectivity index (χ1v) is 7.58. The Balaban J connectivity index is -0.000000215. The molecule has 20 heavy (non-hydrogen) atoms. The summed E-state index contributed by atoms with van der Waals surface area (Å²) in [5.41, 5.74) is 4.12. The first kappa shape index (κ1) is 25.3. The number of halogens is 2. The predicted molar refractivity (Wildman–Crippen MR) is 92.4 cm³/mol. The molecule has 2 aliphatic carbocycles. The van der Waals surface area contributed by atoms with Crippen LogP contribution in [0.4, 0.5) is 0 Å². The van der Waals surface area contributed by atoms with Gasteiger partial charge >= 0.3 is 41.3 Å². The smallest absolute Gasteiger partial charge is 0.147 e. The third kappa shape index (κ3) is 14.7. The Morgan fingerprint density at radius 3 is 1.80 bits per heavy atom. The first-order chi connectivity index (χ1) is 8.32. The Morgan fingerprint density at radius 1 is 1.20 bits per heavy atom. The van der Waals surface area contributed by atoms with E-state index in [9.17, 15) is 0 Å². The van der Waals surface area contributed by atoms with Crippen LogP contribution in [0.1, 0.15) is 48.0 Å². The zero-order chi connectivity index (χ0) is 14.1. The van der Waals surface area contributed by atoms with Crippen LogP contribution in [0.2, 0.25) is 0 Å². The van der Waals surface area contributed by atoms with Crippen LogP contribution in [0.15, 0.2) is 34.9 Å². The minimum absolute atomic E-state index is 0. The summed E-state index contributed by atoms with van der Waals surface area (Å²) in [6.45, 7) is 12.7. The third-order valence-corrected chi connectivity index (χ3v) is 2.45. The number of hydrogen-bond donors (Lipinski definition) is 0. The van der Waals surface area contributed by atoms with Gasteiger partial charge in [-0.15, -0.1) is 38.2 Å². The van der Waals surface area contributed by atoms with Gasteiger partial charge in [0, 0.05) is 0 Å². The molecule has 0 aromatic carbocycles. The largest absolute Gasteiger partial charge is 0.147 e. The molecular formula is C17H26Cl2Zr. The molecule has 0 saturated carbocycles. The Hall–Kier alpha value is 0.293. The Bertz CT molecular complexity index is 397. The van der Waals surface area contributed by atoms with Gasteiger partial charge in [-0.1, -0.05) is 26.7 Å². The van der Waals surface area contributed by atoms with Crippen LogP contribution < -0.4 is 0 Å². The summed E-state index contributed by atoms with van der Waals surface area (Å²) in [5.74, 6) is 0.556. The van der Waals surface area contributed by atoms with E-state index in [0.717, 1.165) is 6.42 Å². The Kier molecular flexibility index (Phi) is 18.0. The summed E-state index contributed by atoms with van der Waals surface area (Å²) in [5, 5.41) is 0. The fourth-order valence-corrected chi connectivity index (χ4v) is 1.36. The molecule has 1 unspecified atom stereocenters. The molecule has 0 amide bonds. The van der Waals surface area contributed by atoms with E-state index in [4.69, 9.17) is 0 Å². The van der Waals surface area contributed by atoms with Crippen molar-refractivity contribution in [1.29, 1.82) is 0 Å². The molecule has 0 bridgehead atoms. The van der Waals surface area contributed by atoms with Gasteiger partial charge in [-0.05, 0) is 0 Å². The molecule has 1 atom stereocenters. The van der Waals surface area contributed by atoms with Gasteiger partial charge in [-0.25, -0.2) is 23.3 Å². The second-order valence-corrected chi connectivity index (χ2v) is 7.42. The van der Waals surface area contributed by atoms with Crippen LogP contribution in [0.25, 0.3) is 0 Å². The van der Waals surface area contributed by atoms with Gasteiger partial charge in [0.15, 0.2) is 0 Å². The summed E-state index contributed by atoms with van der Waals surface area (Å²) in [6, 6.07) is 0. The standard InChI is InChI=1S/2C7H9.C3H6.2ClH.Zr/c1-6-3-4-7(2)5-6;1-6-4-3-5-7(6)2;1-3-2;;;/h3-4,6H,1-2H3;4H,5H2,1-2H3;1-2H3;2*1H;/q2*-1;;;;+2. The molecule has 0 N–H and O–H groups in total. The maximum Gasteiger partial charge on any atom is -0.147 e. The predicted octanol–water partition coefficient (Wildman–Crippen LogP) is 5.62. The maximum atomic E-state index is 3.22. The molecule has 0 heterocycles. The SMILES string of the molecule is CC1=C(C)C[C-]=C1.CC1=[C-]C(C)C=C1.C[C](C)=[Zr+2].Cl.Cl. The average molecular weight is 393 g/mol. The summed E-state index contributed by atoms with van der Waals surface area (Å²) in [7, 11) is 0. The minimum Gasteiger partial charge on any atom is -0.147 e. The van der Waals surface area contributed by atoms with Crippen LogP contribution in [0.5, 0.6) is 0 Å². The molecule has 0 radical (unpaired) electrons. The molecule has 3 heteroatoms. The van der Waals surface area contributed by atoms with Crippen molar-refractivity contribution in [3.05, 3.63) is 47.1 Å². The van der Waals surface area contributed by atoms with Gasteiger partial charge in [0.1, 0.15) is 0 Å². The van der Waals surface area contributed by atoms with E-state index in [0.29, 0.717) is 5.92 Å². The Morgan fingerprint density at radius 2 is 1.70 bits per heavy atom. The summed E-state index contributed by atoms with van der Waals surface area (Å²) < 4.78 is 1.51. The summed E-state index contributed by atoms with van der Waals surface area (Å²) in [6.07, 6.45) is 13.7. The van der Waals surface area contributed by atoms with Crippen molar-refractivity contribution in [2.45, 2.75) is 48.0 Å². The molecular weight excluding hydrogens is 366 g/mol. The van der Waals surface area contributed by atoms with Crippen molar-refractivity contribution in [2.75, 3.05) is 0 Å². The van der Waals surface area contributed by atoms with E-state index >= 15 is 0 Å². The second kappa shape index (κ2) is 14.2. The van der Waals surface area contributed by atoms with E-state index < -0.39 is 0 Å².